The van der Waals surface area contributed by atoms with Gasteiger partial charge in [-0.05, 0) is 31.1 Å². The van der Waals surface area contributed by atoms with Gasteiger partial charge in [0, 0.05) is 19.3 Å². The van der Waals surface area contributed by atoms with Crippen molar-refractivity contribution in [2.75, 3.05) is 13.2 Å². The molecule has 0 N–H and O–H groups in total. The van der Waals surface area contributed by atoms with Gasteiger partial charge in [-0.25, -0.2) is 0 Å². The van der Waals surface area contributed by atoms with E-state index in [-0.39, 0.29) is 31.1 Å². The van der Waals surface area contributed by atoms with E-state index in [1.165, 1.54) is 212 Å². The minimum Gasteiger partial charge on any atom is -0.462 e. The predicted octanol–water partition coefficient (Wildman–Crippen LogP) is 18.9. The van der Waals surface area contributed by atoms with Crippen LogP contribution >= 0.6 is 0 Å². The molecule has 380 valence electrons. The van der Waals surface area contributed by atoms with Gasteiger partial charge in [0.05, 0.1) is 0 Å². The zero-order valence-corrected chi connectivity index (χ0v) is 43.9. The molecule has 0 aliphatic rings. The van der Waals surface area contributed by atoms with Crippen molar-refractivity contribution >= 4 is 17.9 Å². The Labute approximate surface area is 399 Å². The monoisotopic (exact) mass is 905 g/mol. The summed E-state index contributed by atoms with van der Waals surface area (Å²) >= 11 is 0. The molecular formula is C58H112O6. The molecule has 0 aliphatic carbocycles. The smallest absolute Gasteiger partial charge is 0.306 e. The molecular weight excluding hydrogens is 793 g/mol. The van der Waals surface area contributed by atoms with E-state index in [2.05, 4.69) is 34.6 Å². The van der Waals surface area contributed by atoms with Gasteiger partial charge in [-0.15, -0.1) is 0 Å². The van der Waals surface area contributed by atoms with E-state index in [4.69, 9.17) is 14.2 Å². The van der Waals surface area contributed by atoms with Crippen LogP contribution < -0.4 is 0 Å². The summed E-state index contributed by atoms with van der Waals surface area (Å²) in [6.45, 7) is 11.4. The number of rotatable bonds is 52. The maximum Gasteiger partial charge on any atom is 0.306 e. The Bertz CT molecular complexity index is 980. The van der Waals surface area contributed by atoms with Crippen molar-refractivity contribution in [3.8, 4) is 0 Å². The number of carbonyl (C=O) groups excluding carboxylic acids is 3. The van der Waals surface area contributed by atoms with Crippen LogP contribution in [0.5, 0.6) is 0 Å². The van der Waals surface area contributed by atoms with Crippen LogP contribution in [0.1, 0.15) is 324 Å². The lowest BCUT2D eigenvalue weighted by molar-refractivity contribution is -0.167. The molecule has 0 saturated heterocycles. The standard InChI is InChI=1S/C58H112O6/c1-6-8-9-10-11-26-33-38-43-48-56(59)62-51-55(64-58(61)50-45-40-35-30-25-21-17-16-19-23-28-32-37-42-47-54(5)7-2)52-63-57(60)49-44-39-34-29-24-20-15-13-12-14-18-22-27-31-36-41-46-53(3)4/h53-55H,6-52H2,1-5H3/t54?,55-/m0/s1. The van der Waals surface area contributed by atoms with Gasteiger partial charge < -0.3 is 14.2 Å². The van der Waals surface area contributed by atoms with E-state index in [0.29, 0.717) is 19.3 Å². The van der Waals surface area contributed by atoms with E-state index >= 15 is 0 Å². The lowest BCUT2D eigenvalue weighted by atomic mass is 9.99. The lowest BCUT2D eigenvalue weighted by Gasteiger charge is -2.18. The fourth-order valence-corrected chi connectivity index (χ4v) is 8.84. The first-order valence-corrected chi connectivity index (χ1v) is 28.8. The molecule has 0 amide bonds. The maximum absolute atomic E-state index is 12.8. The second-order valence-electron chi connectivity index (χ2n) is 20.6. The lowest BCUT2D eigenvalue weighted by Crippen LogP contribution is -2.30. The molecule has 0 heterocycles. The van der Waals surface area contributed by atoms with E-state index in [1.54, 1.807) is 0 Å². The summed E-state index contributed by atoms with van der Waals surface area (Å²) in [6.07, 6.45) is 53.8. The quantitative estimate of drug-likeness (QED) is 0.0344. The van der Waals surface area contributed by atoms with Gasteiger partial charge in [0.1, 0.15) is 13.2 Å². The van der Waals surface area contributed by atoms with Crippen LogP contribution in [0.4, 0.5) is 0 Å². The summed E-state index contributed by atoms with van der Waals surface area (Å²) in [6, 6.07) is 0. The number of hydrogen-bond acceptors (Lipinski definition) is 6. The average Bonchev–Trinajstić information content (AvgIpc) is 3.28. The highest BCUT2D eigenvalue weighted by molar-refractivity contribution is 5.71. The van der Waals surface area contributed by atoms with Crippen LogP contribution in [0.2, 0.25) is 0 Å². The van der Waals surface area contributed by atoms with E-state index in [0.717, 1.165) is 69.6 Å². The molecule has 0 bridgehead atoms. The van der Waals surface area contributed by atoms with Gasteiger partial charge in [0.25, 0.3) is 0 Å². The summed E-state index contributed by atoms with van der Waals surface area (Å²) in [4.78, 5) is 38.0. The molecule has 2 atom stereocenters. The van der Waals surface area contributed by atoms with Crippen molar-refractivity contribution in [1.82, 2.24) is 0 Å². The Balaban J connectivity index is 4.21. The number of esters is 3. The van der Waals surface area contributed by atoms with Crippen molar-refractivity contribution in [2.24, 2.45) is 11.8 Å². The SMILES string of the molecule is CCCCCCCCCCCC(=O)OC[C@@H](COC(=O)CCCCCCCCCCCCCCCCCCC(C)C)OC(=O)CCCCCCCCCCCCCCCCC(C)CC. The highest BCUT2D eigenvalue weighted by Gasteiger charge is 2.19. The summed E-state index contributed by atoms with van der Waals surface area (Å²) < 4.78 is 16.8. The summed E-state index contributed by atoms with van der Waals surface area (Å²) in [5.41, 5.74) is 0. The largest absolute Gasteiger partial charge is 0.462 e. The number of carbonyl (C=O) groups is 3. The third kappa shape index (κ3) is 49.8. The van der Waals surface area contributed by atoms with Gasteiger partial charge in [0.15, 0.2) is 6.10 Å². The Hall–Kier alpha value is -1.59. The molecule has 0 aromatic heterocycles. The van der Waals surface area contributed by atoms with E-state index < -0.39 is 6.10 Å². The zero-order chi connectivity index (χ0) is 46.8. The average molecular weight is 906 g/mol. The molecule has 6 heteroatoms. The van der Waals surface area contributed by atoms with Gasteiger partial charge in [-0.1, -0.05) is 285 Å². The fraction of sp³-hybridized carbons (Fsp3) is 0.948. The number of hydrogen-bond donors (Lipinski definition) is 0. The minimum absolute atomic E-state index is 0.0628. The molecule has 6 nitrogen and oxygen atoms in total. The highest BCUT2D eigenvalue weighted by atomic mass is 16.6. The Kier molecular flexibility index (Phi) is 49.6. The van der Waals surface area contributed by atoms with Crippen molar-refractivity contribution in [2.45, 2.75) is 330 Å². The molecule has 1 unspecified atom stereocenters. The summed E-state index contributed by atoms with van der Waals surface area (Å²) in [5, 5.41) is 0. The molecule has 0 rings (SSSR count). The first kappa shape index (κ1) is 62.4. The zero-order valence-electron chi connectivity index (χ0n) is 43.9. The Morgan fingerprint density at radius 2 is 0.594 bits per heavy atom. The number of unbranched alkanes of at least 4 members (excludes halogenated alkanes) is 36. The molecule has 0 aliphatic heterocycles. The fourth-order valence-electron chi connectivity index (χ4n) is 8.84. The Morgan fingerprint density at radius 3 is 0.891 bits per heavy atom. The predicted molar refractivity (Wildman–Crippen MR) is 275 cm³/mol. The molecule has 0 spiro atoms. The van der Waals surface area contributed by atoms with E-state index in [9.17, 15) is 14.4 Å². The molecule has 0 aromatic rings. The van der Waals surface area contributed by atoms with Gasteiger partial charge in [-0.2, -0.15) is 0 Å². The van der Waals surface area contributed by atoms with E-state index in [1.807, 2.05) is 0 Å². The van der Waals surface area contributed by atoms with Crippen LogP contribution in [-0.4, -0.2) is 37.2 Å². The second-order valence-corrected chi connectivity index (χ2v) is 20.6. The van der Waals surface area contributed by atoms with Crippen LogP contribution in [0.15, 0.2) is 0 Å². The summed E-state index contributed by atoms with van der Waals surface area (Å²) in [5.74, 6) is 0.905. The molecule has 0 fully saturated rings. The summed E-state index contributed by atoms with van der Waals surface area (Å²) in [7, 11) is 0. The second kappa shape index (κ2) is 50.8. The third-order valence-corrected chi connectivity index (χ3v) is 13.6. The van der Waals surface area contributed by atoms with Crippen LogP contribution in [-0.2, 0) is 28.6 Å². The minimum atomic E-state index is -0.762. The first-order valence-electron chi connectivity index (χ1n) is 28.8. The molecule has 0 radical (unpaired) electrons. The third-order valence-electron chi connectivity index (χ3n) is 13.6. The highest BCUT2D eigenvalue weighted by Crippen LogP contribution is 2.19. The Morgan fingerprint density at radius 1 is 0.328 bits per heavy atom. The van der Waals surface area contributed by atoms with Crippen LogP contribution in [0, 0.1) is 11.8 Å². The molecule has 64 heavy (non-hydrogen) atoms. The van der Waals surface area contributed by atoms with Gasteiger partial charge >= 0.3 is 17.9 Å². The maximum atomic E-state index is 12.8. The topological polar surface area (TPSA) is 78.9 Å². The molecule has 0 saturated carbocycles. The normalized spacial score (nSPS) is 12.5. The number of ether oxygens (including phenoxy) is 3. The molecule has 0 aromatic carbocycles. The van der Waals surface area contributed by atoms with Crippen molar-refractivity contribution in [3.05, 3.63) is 0 Å². The van der Waals surface area contributed by atoms with Crippen molar-refractivity contribution in [1.29, 1.82) is 0 Å². The van der Waals surface area contributed by atoms with Crippen molar-refractivity contribution < 1.29 is 28.6 Å². The van der Waals surface area contributed by atoms with Gasteiger partial charge in [-0.3, -0.25) is 14.4 Å². The first-order chi connectivity index (χ1) is 31.3. The van der Waals surface area contributed by atoms with Crippen molar-refractivity contribution in [3.63, 3.8) is 0 Å². The van der Waals surface area contributed by atoms with Gasteiger partial charge in [0.2, 0.25) is 0 Å². The van der Waals surface area contributed by atoms with Crippen LogP contribution in [0.3, 0.4) is 0 Å². The van der Waals surface area contributed by atoms with Crippen LogP contribution in [0.25, 0.3) is 0 Å².